The molecule has 0 radical (unpaired) electrons. The van der Waals surface area contributed by atoms with Gasteiger partial charge in [0.05, 0.1) is 0 Å². The molecule has 5 heteroatoms. The van der Waals surface area contributed by atoms with Crippen molar-refractivity contribution in [2.75, 3.05) is 0 Å². The third-order valence-corrected chi connectivity index (χ3v) is 2.65. The second-order valence-corrected chi connectivity index (χ2v) is 4.33. The maximum atomic E-state index is 5.83. The summed E-state index contributed by atoms with van der Waals surface area (Å²) in [6.07, 6.45) is 0. The van der Waals surface area contributed by atoms with Gasteiger partial charge < -0.3 is 15.0 Å². The molecule has 2 N–H and O–H groups in total. The number of benzene rings is 1. The van der Waals surface area contributed by atoms with E-state index >= 15 is 0 Å². The Morgan fingerprint density at radius 3 is 2.72 bits per heavy atom. The standard InChI is InChI=1S/C13H17N3O2/c1-8-6-11(9(2)14)4-5-12(8)17-7-13-15-10(3)18-16-13/h4-6,9H,7,14H2,1-3H3/t9-/m1/s1. The quantitative estimate of drug-likeness (QED) is 0.897. The maximum absolute atomic E-state index is 5.83. The second kappa shape index (κ2) is 5.18. The minimum absolute atomic E-state index is 0.0256. The highest BCUT2D eigenvalue weighted by Crippen LogP contribution is 2.22. The van der Waals surface area contributed by atoms with E-state index in [0.29, 0.717) is 18.3 Å². The Morgan fingerprint density at radius 1 is 1.39 bits per heavy atom. The van der Waals surface area contributed by atoms with E-state index in [-0.39, 0.29) is 6.04 Å². The zero-order valence-corrected chi connectivity index (χ0v) is 10.8. The lowest BCUT2D eigenvalue weighted by atomic mass is 10.1. The summed E-state index contributed by atoms with van der Waals surface area (Å²) in [4.78, 5) is 4.08. The van der Waals surface area contributed by atoms with Crippen molar-refractivity contribution in [3.63, 3.8) is 0 Å². The molecule has 2 rings (SSSR count). The summed E-state index contributed by atoms with van der Waals surface area (Å²) in [6, 6.07) is 5.94. The van der Waals surface area contributed by atoms with Crippen LogP contribution in [0.15, 0.2) is 22.7 Å². The second-order valence-electron chi connectivity index (χ2n) is 4.33. The Kier molecular flexibility index (Phi) is 3.62. The summed E-state index contributed by atoms with van der Waals surface area (Å²) >= 11 is 0. The highest BCUT2D eigenvalue weighted by Gasteiger charge is 2.07. The molecule has 1 aromatic carbocycles. The SMILES string of the molecule is Cc1nc(COc2ccc([C@@H](C)N)cc2C)no1. The van der Waals surface area contributed by atoms with Crippen LogP contribution in [0.2, 0.25) is 0 Å². The highest BCUT2D eigenvalue weighted by molar-refractivity contribution is 5.37. The number of aromatic nitrogens is 2. The molecule has 0 aliphatic carbocycles. The monoisotopic (exact) mass is 247 g/mol. The lowest BCUT2D eigenvalue weighted by molar-refractivity contribution is 0.284. The van der Waals surface area contributed by atoms with Crippen molar-refractivity contribution in [1.29, 1.82) is 0 Å². The molecule has 0 aliphatic rings. The molecular formula is C13H17N3O2. The third kappa shape index (κ3) is 2.87. The van der Waals surface area contributed by atoms with E-state index in [2.05, 4.69) is 10.1 Å². The van der Waals surface area contributed by atoms with Crippen molar-refractivity contribution in [3.8, 4) is 5.75 Å². The van der Waals surface area contributed by atoms with Crippen LogP contribution in [0, 0.1) is 13.8 Å². The van der Waals surface area contributed by atoms with Gasteiger partial charge in [0.25, 0.3) is 0 Å². The minimum atomic E-state index is 0.0256. The number of hydrogen-bond donors (Lipinski definition) is 1. The molecule has 0 spiro atoms. The van der Waals surface area contributed by atoms with Crippen LogP contribution in [-0.4, -0.2) is 10.1 Å². The molecule has 0 fully saturated rings. The fraction of sp³-hybridized carbons (Fsp3) is 0.385. The fourth-order valence-corrected chi connectivity index (χ4v) is 1.66. The number of aryl methyl sites for hydroxylation is 2. The van der Waals surface area contributed by atoms with Gasteiger partial charge >= 0.3 is 0 Å². The summed E-state index contributed by atoms with van der Waals surface area (Å²) in [5.41, 5.74) is 7.97. The predicted molar refractivity (Wildman–Crippen MR) is 67.1 cm³/mol. The van der Waals surface area contributed by atoms with E-state index < -0.39 is 0 Å². The molecule has 18 heavy (non-hydrogen) atoms. The van der Waals surface area contributed by atoms with Gasteiger partial charge in [0, 0.05) is 13.0 Å². The zero-order chi connectivity index (χ0) is 13.1. The highest BCUT2D eigenvalue weighted by atomic mass is 16.5. The van der Waals surface area contributed by atoms with Crippen LogP contribution in [0.1, 0.15) is 35.8 Å². The van der Waals surface area contributed by atoms with Crippen molar-refractivity contribution >= 4 is 0 Å². The normalized spacial score (nSPS) is 12.4. The molecule has 0 amide bonds. The van der Waals surface area contributed by atoms with E-state index in [4.69, 9.17) is 15.0 Å². The van der Waals surface area contributed by atoms with Gasteiger partial charge in [-0.15, -0.1) is 0 Å². The molecule has 1 aromatic heterocycles. The summed E-state index contributed by atoms with van der Waals surface area (Å²) < 4.78 is 10.5. The van der Waals surface area contributed by atoms with Crippen molar-refractivity contribution in [2.24, 2.45) is 5.73 Å². The molecule has 0 saturated heterocycles. The first-order chi connectivity index (χ1) is 8.56. The Hall–Kier alpha value is -1.88. The van der Waals surface area contributed by atoms with E-state index in [9.17, 15) is 0 Å². The van der Waals surface area contributed by atoms with Crippen molar-refractivity contribution < 1.29 is 9.26 Å². The molecule has 96 valence electrons. The lowest BCUT2D eigenvalue weighted by Gasteiger charge is -2.11. The predicted octanol–water partition coefficient (Wildman–Crippen LogP) is 2.29. The first-order valence-electron chi connectivity index (χ1n) is 5.84. The average Bonchev–Trinajstić information content (AvgIpc) is 2.73. The topological polar surface area (TPSA) is 74.2 Å². The van der Waals surface area contributed by atoms with Gasteiger partial charge in [0.15, 0.2) is 6.61 Å². The summed E-state index contributed by atoms with van der Waals surface area (Å²) in [5.74, 6) is 1.89. The molecule has 0 unspecified atom stereocenters. The first kappa shape index (κ1) is 12.6. The average molecular weight is 247 g/mol. The van der Waals surface area contributed by atoms with E-state index in [1.54, 1.807) is 6.92 Å². The van der Waals surface area contributed by atoms with Crippen LogP contribution >= 0.6 is 0 Å². The largest absolute Gasteiger partial charge is 0.485 e. The number of nitrogens with two attached hydrogens (primary N) is 1. The molecule has 1 atom stereocenters. The molecule has 0 bridgehead atoms. The Bertz CT molecular complexity index is 535. The number of nitrogens with zero attached hydrogens (tertiary/aromatic N) is 2. The molecule has 0 aliphatic heterocycles. The molecule has 0 saturated carbocycles. The lowest BCUT2D eigenvalue weighted by Crippen LogP contribution is -2.06. The smallest absolute Gasteiger partial charge is 0.223 e. The van der Waals surface area contributed by atoms with E-state index in [1.807, 2.05) is 32.0 Å². The summed E-state index contributed by atoms with van der Waals surface area (Å²) in [5, 5.41) is 3.78. The van der Waals surface area contributed by atoms with Crippen molar-refractivity contribution in [2.45, 2.75) is 33.4 Å². The first-order valence-corrected chi connectivity index (χ1v) is 5.84. The zero-order valence-electron chi connectivity index (χ0n) is 10.8. The number of hydrogen-bond acceptors (Lipinski definition) is 5. The van der Waals surface area contributed by atoms with Gasteiger partial charge in [0.1, 0.15) is 5.75 Å². The summed E-state index contributed by atoms with van der Waals surface area (Å²) in [7, 11) is 0. The molecular weight excluding hydrogens is 230 g/mol. The van der Waals surface area contributed by atoms with Gasteiger partial charge in [-0.1, -0.05) is 17.3 Å². The molecule has 5 nitrogen and oxygen atoms in total. The van der Waals surface area contributed by atoms with Gasteiger partial charge in [0.2, 0.25) is 11.7 Å². The van der Waals surface area contributed by atoms with E-state index in [0.717, 1.165) is 16.9 Å². The van der Waals surface area contributed by atoms with Crippen LogP contribution in [0.5, 0.6) is 5.75 Å². The number of ether oxygens (including phenoxy) is 1. The Balaban J connectivity index is 2.05. The van der Waals surface area contributed by atoms with Gasteiger partial charge in [-0.3, -0.25) is 0 Å². The Morgan fingerprint density at radius 2 is 2.17 bits per heavy atom. The van der Waals surface area contributed by atoms with Crippen LogP contribution in [-0.2, 0) is 6.61 Å². The molecule has 2 aromatic rings. The molecule has 1 heterocycles. The third-order valence-electron chi connectivity index (χ3n) is 2.65. The van der Waals surface area contributed by atoms with Crippen LogP contribution in [0.4, 0.5) is 0 Å². The van der Waals surface area contributed by atoms with Crippen molar-refractivity contribution in [3.05, 3.63) is 41.0 Å². The minimum Gasteiger partial charge on any atom is -0.485 e. The van der Waals surface area contributed by atoms with Gasteiger partial charge in [-0.2, -0.15) is 4.98 Å². The fourth-order valence-electron chi connectivity index (χ4n) is 1.66. The van der Waals surface area contributed by atoms with Crippen LogP contribution < -0.4 is 10.5 Å². The van der Waals surface area contributed by atoms with Gasteiger partial charge in [-0.25, -0.2) is 0 Å². The number of rotatable bonds is 4. The van der Waals surface area contributed by atoms with Gasteiger partial charge in [-0.05, 0) is 31.0 Å². The Labute approximate surface area is 106 Å². The van der Waals surface area contributed by atoms with Crippen molar-refractivity contribution in [1.82, 2.24) is 10.1 Å². The van der Waals surface area contributed by atoms with E-state index in [1.165, 1.54) is 0 Å². The maximum Gasteiger partial charge on any atom is 0.223 e. The van der Waals surface area contributed by atoms with Crippen LogP contribution in [0.3, 0.4) is 0 Å². The summed E-state index contributed by atoms with van der Waals surface area (Å²) in [6.45, 7) is 6.00. The van der Waals surface area contributed by atoms with Crippen LogP contribution in [0.25, 0.3) is 0 Å².